The first-order chi connectivity index (χ1) is 9.89. The number of carbonyl (C=O) groups is 1. The van der Waals surface area contributed by atoms with Gasteiger partial charge in [0.2, 0.25) is 10.0 Å². The van der Waals surface area contributed by atoms with E-state index in [-0.39, 0.29) is 17.0 Å². The molecule has 2 saturated heterocycles. The molecule has 2 aliphatic rings. The molecule has 1 unspecified atom stereocenters. The Morgan fingerprint density at radius 1 is 1.24 bits per heavy atom. The predicted octanol–water partition coefficient (Wildman–Crippen LogP) is 1.61. The molecular weight excluding hydrogens is 426 g/mol. The molecule has 2 aliphatic heterocycles. The average Bonchev–Trinajstić information content (AvgIpc) is 2.79. The van der Waals surface area contributed by atoms with Gasteiger partial charge >= 0.3 is 6.03 Å². The largest absolute Gasteiger partial charge is 0.336 e. The van der Waals surface area contributed by atoms with Crippen molar-refractivity contribution in [2.45, 2.75) is 10.9 Å². The first-order valence-electron chi connectivity index (χ1n) is 6.39. The monoisotopic (exact) mass is 437 g/mol. The number of fused-ring (bicyclic) bond motifs is 1. The summed E-state index contributed by atoms with van der Waals surface area (Å²) in [5.41, 5.74) is 0. The summed E-state index contributed by atoms with van der Waals surface area (Å²) in [4.78, 5) is 13.5. The third kappa shape index (κ3) is 2.71. The van der Waals surface area contributed by atoms with Gasteiger partial charge in [-0.3, -0.25) is 0 Å². The molecule has 1 N–H and O–H groups in total. The molecule has 6 nitrogen and oxygen atoms in total. The van der Waals surface area contributed by atoms with Crippen molar-refractivity contribution in [3.05, 3.63) is 27.1 Å². The Bertz CT molecular complexity index is 695. The summed E-state index contributed by atoms with van der Waals surface area (Å²) in [5, 5.41) is 2.74. The number of halogens is 2. The van der Waals surface area contributed by atoms with Gasteiger partial charge in [-0.05, 0) is 34.1 Å². The van der Waals surface area contributed by atoms with Gasteiger partial charge in [-0.1, -0.05) is 15.9 Å². The highest BCUT2D eigenvalue weighted by atomic mass is 79.9. The molecule has 2 heterocycles. The summed E-state index contributed by atoms with van der Waals surface area (Å²) < 4.78 is 28.3. The molecule has 21 heavy (non-hydrogen) atoms. The van der Waals surface area contributed by atoms with Gasteiger partial charge in [0, 0.05) is 35.1 Å². The van der Waals surface area contributed by atoms with E-state index >= 15 is 0 Å². The smallest absolute Gasteiger partial charge is 0.317 e. The molecule has 2 fully saturated rings. The van der Waals surface area contributed by atoms with Gasteiger partial charge in [0.1, 0.15) is 0 Å². The number of nitrogens with zero attached hydrogens (tertiary/aromatic N) is 2. The molecule has 3 rings (SSSR count). The van der Waals surface area contributed by atoms with Gasteiger partial charge in [-0.15, -0.1) is 0 Å². The molecule has 9 heteroatoms. The van der Waals surface area contributed by atoms with Crippen LogP contribution < -0.4 is 5.32 Å². The van der Waals surface area contributed by atoms with Gasteiger partial charge in [-0.2, -0.15) is 4.31 Å². The molecule has 2 amide bonds. The Morgan fingerprint density at radius 2 is 2.00 bits per heavy atom. The second-order valence-corrected chi connectivity index (χ2v) is 8.65. The number of piperazine rings is 1. The van der Waals surface area contributed by atoms with Crippen LogP contribution >= 0.6 is 31.9 Å². The zero-order valence-electron chi connectivity index (χ0n) is 10.9. The van der Waals surface area contributed by atoms with E-state index in [1.54, 1.807) is 23.1 Å². The van der Waals surface area contributed by atoms with E-state index in [4.69, 9.17) is 0 Å². The number of hydrogen-bond acceptors (Lipinski definition) is 3. The maximum atomic E-state index is 12.7. The lowest BCUT2D eigenvalue weighted by atomic mass is 10.2. The molecule has 1 aromatic rings. The molecule has 0 aliphatic carbocycles. The molecule has 1 aromatic carbocycles. The first-order valence-corrected chi connectivity index (χ1v) is 9.42. The maximum absolute atomic E-state index is 12.7. The highest BCUT2D eigenvalue weighted by Crippen LogP contribution is 2.29. The van der Waals surface area contributed by atoms with Crippen LogP contribution in [0.4, 0.5) is 4.79 Å². The second kappa shape index (κ2) is 5.53. The summed E-state index contributed by atoms with van der Waals surface area (Å²) in [7, 11) is -3.57. The van der Waals surface area contributed by atoms with Gasteiger partial charge < -0.3 is 10.2 Å². The quantitative estimate of drug-likeness (QED) is 0.762. The van der Waals surface area contributed by atoms with E-state index < -0.39 is 10.0 Å². The highest BCUT2D eigenvalue weighted by Gasteiger charge is 2.40. The van der Waals surface area contributed by atoms with Crippen molar-refractivity contribution in [2.24, 2.45) is 0 Å². The summed E-state index contributed by atoms with van der Waals surface area (Å²) in [6.07, 6.45) is 0. The van der Waals surface area contributed by atoms with Crippen LogP contribution in [0, 0.1) is 0 Å². The zero-order valence-corrected chi connectivity index (χ0v) is 14.9. The molecule has 0 aromatic heterocycles. The maximum Gasteiger partial charge on any atom is 0.317 e. The van der Waals surface area contributed by atoms with Crippen molar-refractivity contribution < 1.29 is 13.2 Å². The third-order valence-electron chi connectivity index (χ3n) is 3.71. The van der Waals surface area contributed by atoms with Gasteiger partial charge in [0.15, 0.2) is 0 Å². The third-order valence-corrected chi connectivity index (χ3v) is 7.04. The van der Waals surface area contributed by atoms with Crippen molar-refractivity contribution in [1.29, 1.82) is 0 Å². The Kier molecular flexibility index (Phi) is 4.02. The minimum Gasteiger partial charge on any atom is -0.336 e. The summed E-state index contributed by atoms with van der Waals surface area (Å²) in [6.45, 7) is 1.55. The van der Waals surface area contributed by atoms with Crippen LogP contribution in [0.2, 0.25) is 0 Å². The number of carbonyl (C=O) groups excluding carboxylic acids is 1. The zero-order chi connectivity index (χ0) is 15.2. The van der Waals surface area contributed by atoms with E-state index in [0.717, 1.165) is 4.47 Å². The fourth-order valence-corrected chi connectivity index (χ4v) is 5.79. The predicted molar refractivity (Wildman–Crippen MR) is 84.5 cm³/mol. The number of benzene rings is 1. The van der Waals surface area contributed by atoms with Gasteiger partial charge in [0.25, 0.3) is 0 Å². The fraction of sp³-hybridized carbons (Fsp3) is 0.417. The summed E-state index contributed by atoms with van der Waals surface area (Å²) in [5.74, 6) is 0. The SMILES string of the molecule is O=C1NCC2CN(S(=O)(=O)c3ccc(Br)cc3Br)CCN12. The number of urea groups is 1. The van der Waals surface area contributed by atoms with E-state index in [1.165, 1.54) is 4.31 Å². The Hall–Kier alpha value is -0.640. The van der Waals surface area contributed by atoms with Crippen LogP contribution in [0.25, 0.3) is 0 Å². The van der Waals surface area contributed by atoms with E-state index in [2.05, 4.69) is 37.2 Å². The fourth-order valence-electron chi connectivity index (χ4n) is 2.62. The van der Waals surface area contributed by atoms with E-state index in [9.17, 15) is 13.2 Å². The van der Waals surface area contributed by atoms with Crippen LogP contribution in [0.5, 0.6) is 0 Å². The second-order valence-electron chi connectivity index (χ2n) is 4.97. The Balaban J connectivity index is 1.87. The van der Waals surface area contributed by atoms with Crippen molar-refractivity contribution in [3.8, 4) is 0 Å². The average molecular weight is 439 g/mol. The molecule has 0 saturated carbocycles. The molecule has 0 radical (unpaired) electrons. The standard InChI is InChI=1S/C12H13Br2N3O3S/c13-8-1-2-11(10(14)5-8)21(19,20)16-3-4-17-9(7-16)6-15-12(17)18/h1-2,5,9H,3-4,6-7H2,(H,15,18). The van der Waals surface area contributed by atoms with Crippen molar-refractivity contribution in [1.82, 2.24) is 14.5 Å². The highest BCUT2D eigenvalue weighted by molar-refractivity contribution is 9.11. The topological polar surface area (TPSA) is 69.7 Å². The first kappa shape index (κ1) is 15.3. The van der Waals surface area contributed by atoms with Crippen LogP contribution in [0.15, 0.2) is 32.0 Å². The minimum absolute atomic E-state index is 0.0877. The molecule has 0 bridgehead atoms. The number of nitrogens with one attached hydrogen (secondary N) is 1. The molecule has 114 valence electrons. The minimum atomic E-state index is -3.57. The van der Waals surface area contributed by atoms with E-state index in [0.29, 0.717) is 30.7 Å². The lowest BCUT2D eigenvalue weighted by molar-refractivity contribution is 0.164. The lowest BCUT2D eigenvalue weighted by Gasteiger charge is -2.35. The lowest BCUT2D eigenvalue weighted by Crippen LogP contribution is -2.53. The van der Waals surface area contributed by atoms with Crippen LogP contribution in [-0.4, -0.2) is 55.9 Å². The van der Waals surface area contributed by atoms with Gasteiger partial charge in [0.05, 0.1) is 10.9 Å². The number of amides is 2. The van der Waals surface area contributed by atoms with Crippen molar-refractivity contribution >= 4 is 47.9 Å². The summed E-state index contributed by atoms with van der Waals surface area (Å²) in [6, 6.07) is 4.80. The van der Waals surface area contributed by atoms with Crippen LogP contribution in [-0.2, 0) is 10.0 Å². The van der Waals surface area contributed by atoms with Gasteiger partial charge in [-0.25, -0.2) is 13.2 Å². The van der Waals surface area contributed by atoms with Crippen LogP contribution in [0.3, 0.4) is 0 Å². The summed E-state index contributed by atoms with van der Waals surface area (Å²) >= 11 is 6.61. The van der Waals surface area contributed by atoms with E-state index in [1.807, 2.05) is 0 Å². The van der Waals surface area contributed by atoms with Crippen LogP contribution in [0.1, 0.15) is 0 Å². The molecular formula is C12H13Br2N3O3S. The van der Waals surface area contributed by atoms with Crippen molar-refractivity contribution in [3.63, 3.8) is 0 Å². The Labute approximate surface area is 139 Å². The number of hydrogen-bond donors (Lipinski definition) is 1. The number of rotatable bonds is 2. The molecule has 0 spiro atoms. The van der Waals surface area contributed by atoms with Crippen molar-refractivity contribution in [2.75, 3.05) is 26.2 Å². The normalized spacial score (nSPS) is 23.0. The Morgan fingerprint density at radius 3 is 2.71 bits per heavy atom. The number of sulfonamides is 1. The molecule has 1 atom stereocenters.